The molecule has 0 spiro atoms. The van der Waals surface area contributed by atoms with E-state index in [4.69, 9.17) is 10.3 Å². The van der Waals surface area contributed by atoms with Gasteiger partial charge in [-0.25, -0.2) is 4.98 Å². The van der Waals surface area contributed by atoms with Gasteiger partial charge in [-0.3, -0.25) is 4.79 Å². The highest BCUT2D eigenvalue weighted by Gasteiger charge is 2.13. The lowest BCUT2D eigenvalue weighted by Gasteiger charge is -2.01. The number of rotatable bonds is 4. The van der Waals surface area contributed by atoms with Crippen molar-refractivity contribution in [3.63, 3.8) is 0 Å². The van der Waals surface area contributed by atoms with E-state index in [1.165, 1.54) is 17.7 Å². The summed E-state index contributed by atoms with van der Waals surface area (Å²) in [6, 6.07) is 0. The number of nitrogens with two attached hydrogens (primary N) is 1. The topological polar surface area (TPSA) is 107 Å². The van der Waals surface area contributed by atoms with Gasteiger partial charge in [0.05, 0.1) is 5.69 Å². The van der Waals surface area contributed by atoms with Crippen LogP contribution in [-0.4, -0.2) is 27.6 Å². The van der Waals surface area contributed by atoms with Crippen molar-refractivity contribution in [2.75, 3.05) is 12.3 Å². The average Bonchev–Trinajstić information content (AvgIpc) is 2.88. The van der Waals surface area contributed by atoms with Gasteiger partial charge < -0.3 is 15.6 Å². The molecule has 3 N–H and O–H groups in total. The molecule has 90 valence electrons. The van der Waals surface area contributed by atoms with Gasteiger partial charge >= 0.3 is 0 Å². The Morgan fingerprint density at radius 1 is 1.65 bits per heavy atom. The van der Waals surface area contributed by atoms with Gasteiger partial charge in [-0.2, -0.15) is 4.98 Å². The number of aromatic nitrogens is 3. The summed E-state index contributed by atoms with van der Waals surface area (Å²) in [4.78, 5) is 20.1. The molecule has 2 aromatic heterocycles. The molecule has 2 heterocycles. The van der Waals surface area contributed by atoms with Crippen LogP contribution in [0.15, 0.2) is 10.9 Å². The second-order valence-electron chi connectivity index (χ2n) is 3.31. The van der Waals surface area contributed by atoms with E-state index in [-0.39, 0.29) is 5.91 Å². The number of carbonyl (C=O) groups excluding carboxylic acids is 1. The Morgan fingerprint density at radius 2 is 2.47 bits per heavy atom. The predicted octanol–water partition coefficient (Wildman–Crippen LogP) is 0.389. The van der Waals surface area contributed by atoms with E-state index in [9.17, 15) is 4.79 Å². The van der Waals surface area contributed by atoms with E-state index in [0.717, 1.165) is 0 Å². The molecule has 2 rings (SSSR count). The minimum absolute atomic E-state index is 0.184. The Labute approximate surface area is 101 Å². The van der Waals surface area contributed by atoms with Crippen LogP contribution in [0, 0.1) is 6.92 Å². The number of nitrogens with one attached hydrogen (secondary N) is 1. The lowest BCUT2D eigenvalue weighted by atomic mass is 10.3. The fraction of sp³-hybridized carbons (Fsp3) is 0.333. The Morgan fingerprint density at radius 3 is 3.06 bits per heavy atom. The average molecular weight is 253 g/mol. The first kappa shape index (κ1) is 11.5. The van der Waals surface area contributed by atoms with E-state index < -0.39 is 0 Å². The number of nitrogens with zero attached hydrogens (tertiary/aromatic N) is 3. The van der Waals surface area contributed by atoms with Crippen LogP contribution in [0.3, 0.4) is 0 Å². The molecule has 0 aliphatic heterocycles. The van der Waals surface area contributed by atoms with E-state index in [1.54, 1.807) is 6.92 Å². The summed E-state index contributed by atoms with van der Waals surface area (Å²) in [5.41, 5.74) is 6.16. The van der Waals surface area contributed by atoms with Crippen molar-refractivity contribution in [1.29, 1.82) is 0 Å². The van der Waals surface area contributed by atoms with Crippen molar-refractivity contribution >= 4 is 22.4 Å². The zero-order chi connectivity index (χ0) is 12.3. The second kappa shape index (κ2) is 4.91. The lowest BCUT2D eigenvalue weighted by molar-refractivity contribution is 0.0956. The Hall–Kier alpha value is -1.96. The largest absolute Gasteiger partial charge is 0.375 e. The van der Waals surface area contributed by atoms with Crippen LogP contribution in [0.5, 0.6) is 0 Å². The number of hydrogen-bond donors (Lipinski definition) is 2. The zero-order valence-corrected chi connectivity index (χ0v) is 9.95. The number of carbonyl (C=O) groups is 1. The van der Waals surface area contributed by atoms with Crippen molar-refractivity contribution in [3.8, 4) is 0 Å². The maximum absolute atomic E-state index is 11.7. The van der Waals surface area contributed by atoms with Crippen LogP contribution in [-0.2, 0) is 6.42 Å². The quantitative estimate of drug-likeness (QED) is 0.816. The highest BCUT2D eigenvalue weighted by atomic mass is 32.1. The minimum atomic E-state index is -0.184. The molecule has 8 heteroatoms. The van der Waals surface area contributed by atoms with E-state index >= 15 is 0 Å². The van der Waals surface area contributed by atoms with Gasteiger partial charge in [-0.1, -0.05) is 16.5 Å². The van der Waals surface area contributed by atoms with Gasteiger partial charge in [0.1, 0.15) is 4.88 Å². The van der Waals surface area contributed by atoms with Crippen molar-refractivity contribution in [1.82, 2.24) is 20.4 Å². The summed E-state index contributed by atoms with van der Waals surface area (Å²) in [6.07, 6.45) is 1.82. The van der Waals surface area contributed by atoms with Crippen molar-refractivity contribution < 1.29 is 9.32 Å². The van der Waals surface area contributed by atoms with Crippen LogP contribution in [0.25, 0.3) is 0 Å². The molecule has 0 saturated carbocycles. The molecule has 0 radical (unpaired) electrons. The summed E-state index contributed by atoms with van der Waals surface area (Å²) in [5.74, 6) is 0.307. The number of amides is 1. The van der Waals surface area contributed by atoms with Gasteiger partial charge in [-0.05, 0) is 6.92 Å². The maximum Gasteiger partial charge on any atom is 0.263 e. The molecule has 7 nitrogen and oxygen atoms in total. The molecule has 1 amide bonds. The Balaban J connectivity index is 1.87. The summed E-state index contributed by atoms with van der Waals surface area (Å²) >= 11 is 1.17. The smallest absolute Gasteiger partial charge is 0.263 e. The highest BCUT2D eigenvalue weighted by molar-refractivity contribution is 7.17. The first-order valence-corrected chi connectivity index (χ1v) is 5.75. The van der Waals surface area contributed by atoms with Gasteiger partial charge in [0.15, 0.2) is 11.5 Å². The molecule has 0 saturated heterocycles. The molecule has 17 heavy (non-hydrogen) atoms. The fourth-order valence-electron chi connectivity index (χ4n) is 1.30. The van der Waals surface area contributed by atoms with Crippen LogP contribution in [0.2, 0.25) is 0 Å². The van der Waals surface area contributed by atoms with E-state index in [2.05, 4.69) is 20.4 Å². The van der Waals surface area contributed by atoms with Crippen LogP contribution >= 0.6 is 11.3 Å². The van der Waals surface area contributed by atoms with Crippen molar-refractivity contribution in [3.05, 3.63) is 22.8 Å². The van der Waals surface area contributed by atoms with Crippen LogP contribution in [0.1, 0.15) is 21.3 Å². The van der Waals surface area contributed by atoms with Crippen molar-refractivity contribution in [2.45, 2.75) is 13.3 Å². The number of anilines is 1. The van der Waals surface area contributed by atoms with Gasteiger partial charge in [0, 0.05) is 13.0 Å². The Kier molecular flexibility index (Phi) is 3.33. The third-order valence-electron chi connectivity index (χ3n) is 2.05. The number of hydrogen-bond acceptors (Lipinski definition) is 7. The monoisotopic (exact) mass is 253 g/mol. The molecule has 0 atom stereocenters. The number of aryl methyl sites for hydroxylation is 1. The van der Waals surface area contributed by atoms with E-state index in [1.807, 2.05) is 0 Å². The standard InChI is InChI=1S/C9H11N5O2S/c1-5-7(17-9(10)14-5)8(15)11-3-2-6-12-4-13-16-6/h4H,2-3H2,1H3,(H2,10,14)(H,11,15). The molecular weight excluding hydrogens is 242 g/mol. The maximum atomic E-state index is 11.7. The molecule has 0 fully saturated rings. The van der Waals surface area contributed by atoms with Crippen LogP contribution < -0.4 is 11.1 Å². The number of nitrogen functional groups attached to an aromatic ring is 1. The first-order chi connectivity index (χ1) is 8.16. The molecule has 0 aromatic carbocycles. The molecule has 0 unspecified atom stereocenters. The first-order valence-electron chi connectivity index (χ1n) is 4.93. The molecule has 0 bridgehead atoms. The SMILES string of the molecule is Cc1nc(N)sc1C(=O)NCCc1ncno1. The van der Waals surface area contributed by atoms with Crippen molar-refractivity contribution in [2.24, 2.45) is 0 Å². The second-order valence-corrected chi connectivity index (χ2v) is 4.34. The summed E-state index contributed by atoms with van der Waals surface area (Å²) < 4.78 is 4.81. The summed E-state index contributed by atoms with van der Waals surface area (Å²) in [6.45, 7) is 2.18. The summed E-state index contributed by atoms with van der Waals surface area (Å²) in [5, 5.41) is 6.60. The van der Waals surface area contributed by atoms with Gasteiger partial charge in [0.25, 0.3) is 5.91 Å². The minimum Gasteiger partial charge on any atom is -0.375 e. The third kappa shape index (κ3) is 2.78. The Bertz CT molecular complexity index is 507. The summed E-state index contributed by atoms with van der Waals surface area (Å²) in [7, 11) is 0. The zero-order valence-electron chi connectivity index (χ0n) is 9.14. The van der Waals surface area contributed by atoms with Crippen LogP contribution in [0.4, 0.5) is 5.13 Å². The highest BCUT2D eigenvalue weighted by Crippen LogP contribution is 2.19. The van der Waals surface area contributed by atoms with Gasteiger partial charge in [-0.15, -0.1) is 0 Å². The molecule has 2 aromatic rings. The fourth-order valence-corrected chi connectivity index (χ4v) is 2.05. The molecule has 0 aliphatic rings. The normalized spacial score (nSPS) is 10.4. The number of thiazole rings is 1. The molecule has 0 aliphatic carbocycles. The van der Waals surface area contributed by atoms with Gasteiger partial charge in [0.2, 0.25) is 5.89 Å². The third-order valence-corrected chi connectivity index (χ3v) is 3.04. The lowest BCUT2D eigenvalue weighted by Crippen LogP contribution is -2.25. The predicted molar refractivity (Wildman–Crippen MR) is 61.6 cm³/mol. The van der Waals surface area contributed by atoms with E-state index in [0.29, 0.717) is 34.6 Å². The molecular formula is C9H11N5O2S.